The van der Waals surface area contributed by atoms with Gasteiger partial charge in [-0.15, -0.1) is 11.3 Å². The van der Waals surface area contributed by atoms with Crippen molar-refractivity contribution < 1.29 is 4.79 Å². The highest BCUT2D eigenvalue weighted by molar-refractivity contribution is 7.12. The fourth-order valence-corrected chi connectivity index (χ4v) is 2.54. The molecule has 102 valence electrons. The maximum atomic E-state index is 12.1. The van der Waals surface area contributed by atoms with E-state index in [4.69, 9.17) is 5.73 Å². The molecular formula is C16H16N2OS. The molecule has 0 fully saturated rings. The lowest BCUT2D eigenvalue weighted by molar-refractivity contribution is 0.0958. The van der Waals surface area contributed by atoms with Gasteiger partial charge in [0.25, 0.3) is 5.91 Å². The highest BCUT2D eigenvalue weighted by atomic mass is 32.1. The summed E-state index contributed by atoms with van der Waals surface area (Å²) in [5.41, 5.74) is 7.30. The number of thiophene rings is 1. The first kappa shape index (κ1) is 14.3. The lowest BCUT2D eigenvalue weighted by Gasteiger charge is -2.04. The second-order valence-corrected chi connectivity index (χ2v) is 5.08. The first-order chi connectivity index (χ1) is 9.81. The highest BCUT2D eigenvalue weighted by Gasteiger charge is 2.11. The van der Waals surface area contributed by atoms with Gasteiger partial charge in [0, 0.05) is 12.1 Å². The summed E-state index contributed by atoms with van der Waals surface area (Å²) in [5.74, 6) is 5.62. The van der Waals surface area contributed by atoms with Crippen molar-refractivity contribution in [3.05, 3.63) is 57.8 Å². The quantitative estimate of drug-likeness (QED) is 0.844. The number of hydrogen-bond donors (Lipinski definition) is 2. The van der Waals surface area contributed by atoms with E-state index in [1.54, 1.807) is 0 Å². The van der Waals surface area contributed by atoms with Gasteiger partial charge < -0.3 is 11.1 Å². The van der Waals surface area contributed by atoms with Crippen LogP contribution in [0.5, 0.6) is 0 Å². The molecule has 0 unspecified atom stereocenters. The van der Waals surface area contributed by atoms with Gasteiger partial charge in [-0.05, 0) is 23.4 Å². The number of nitrogens with two attached hydrogens (primary N) is 1. The molecule has 1 aromatic carbocycles. The maximum absolute atomic E-state index is 12.1. The molecule has 1 amide bonds. The van der Waals surface area contributed by atoms with Gasteiger partial charge in [-0.1, -0.05) is 42.2 Å². The van der Waals surface area contributed by atoms with E-state index in [0.717, 1.165) is 12.0 Å². The Labute approximate surface area is 122 Å². The van der Waals surface area contributed by atoms with Crippen LogP contribution < -0.4 is 11.1 Å². The Bertz CT molecular complexity index is 623. The Hall–Kier alpha value is -2.09. The third kappa shape index (κ3) is 3.95. The molecule has 20 heavy (non-hydrogen) atoms. The predicted molar refractivity (Wildman–Crippen MR) is 82.7 cm³/mol. The van der Waals surface area contributed by atoms with Crippen LogP contribution in [-0.4, -0.2) is 19.0 Å². The molecule has 3 nitrogen and oxygen atoms in total. The van der Waals surface area contributed by atoms with Crippen molar-refractivity contribution in [1.29, 1.82) is 0 Å². The molecule has 0 aliphatic carbocycles. The molecule has 3 N–H and O–H groups in total. The van der Waals surface area contributed by atoms with Crippen LogP contribution in [-0.2, 0) is 6.42 Å². The van der Waals surface area contributed by atoms with E-state index >= 15 is 0 Å². The van der Waals surface area contributed by atoms with Crippen molar-refractivity contribution in [2.75, 3.05) is 13.1 Å². The molecular weight excluding hydrogens is 268 g/mol. The molecule has 0 spiro atoms. The zero-order valence-corrected chi connectivity index (χ0v) is 11.9. The molecule has 1 heterocycles. The van der Waals surface area contributed by atoms with E-state index in [1.165, 1.54) is 16.9 Å². The van der Waals surface area contributed by atoms with Gasteiger partial charge in [0.2, 0.25) is 0 Å². The van der Waals surface area contributed by atoms with Crippen molar-refractivity contribution >= 4 is 17.2 Å². The average Bonchev–Trinajstić information content (AvgIpc) is 2.94. The normalized spacial score (nSPS) is 9.65. The van der Waals surface area contributed by atoms with Crippen LogP contribution in [0.2, 0.25) is 0 Å². The standard InChI is InChI=1S/C16H16N2OS/c17-10-4-7-14-9-12-20-15(14)16(19)18-11-8-13-5-2-1-3-6-13/h1-3,5-6,9,12H,8,10-11,17H2,(H,18,19). The van der Waals surface area contributed by atoms with Gasteiger partial charge in [-0.25, -0.2) is 0 Å². The molecule has 1 aromatic heterocycles. The monoisotopic (exact) mass is 284 g/mol. The fraction of sp³-hybridized carbons (Fsp3) is 0.188. The summed E-state index contributed by atoms with van der Waals surface area (Å²) >= 11 is 1.40. The lowest BCUT2D eigenvalue weighted by Crippen LogP contribution is -2.25. The second-order valence-electron chi connectivity index (χ2n) is 4.16. The molecule has 0 bridgehead atoms. The van der Waals surface area contributed by atoms with E-state index < -0.39 is 0 Å². The van der Waals surface area contributed by atoms with Crippen LogP contribution in [0.25, 0.3) is 0 Å². The number of carbonyl (C=O) groups excluding carboxylic acids is 1. The van der Waals surface area contributed by atoms with Gasteiger partial charge in [0.1, 0.15) is 4.88 Å². The molecule has 0 radical (unpaired) electrons. The van der Waals surface area contributed by atoms with Gasteiger partial charge in [0.15, 0.2) is 0 Å². The van der Waals surface area contributed by atoms with Gasteiger partial charge in [-0.2, -0.15) is 0 Å². The Morgan fingerprint density at radius 2 is 2.05 bits per heavy atom. The number of hydrogen-bond acceptors (Lipinski definition) is 3. The summed E-state index contributed by atoms with van der Waals surface area (Å²) in [6.07, 6.45) is 0.821. The Morgan fingerprint density at radius 3 is 2.80 bits per heavy atom. The van der Waals surface area contributed by atoms with Crippen LogP contribution in [0.1, 0.15) is 20.8 Å². The van der Waals surface area contributed by atoms with Crippen molar-refractivity contribution in [1.82, 2.24) is 5.32 Å². The van der Waals surface area contributed by atoms with Crippen LogP contribution in [0.3, 0.4) is 0 Å². The smallest absolute Gasteiger partial charge is 0.262 e. The second kappa shape index (κ2) is 7.49. The summed E-state index contributed by atoms with van der Waals surface area (Å²) in [4.78, 5) is 12.7. The first-order valence-electron chi connectivity index (χ1n) is 6.40. The van der Waals surface area contributed by atoms with Gasteiger partial charge in [-0.3, -0.25) is 4.79 Å². The van der Waals surface area contributed by atoms with Crippen LogP contribution in [0, 0.1) is 11.8 Å². The lowest BCUT2D eigenvalue weighted by atomic mass is 10.1. The van der Waals surface area contributed by atoms with E-state index in [-0.39, 0.29) is 5.91 Å². The van der Waals surface area contributed by atoms with E-state index in [9.17, 15) is 4.79 Å². The molecule has 0 aliphatic heterocycles. The first-order valence-corrected chi connectivity index (χ1v) is 7.28. The van der Waals surface area contributed by atoms with Crippen molar-refractivity contribution in [2.45, 2.75) is 6.42 Å². The van der Waals surface area contributed by atoms with Crippen molar-refractivity contribution in [3.63, 3.8) is 0 Å². The van der Waals surface area contributed by atoms with Crippen molar-refractivity contribution in [3.8, 4) is 11.8 Å². The zero-order chi connectivity index (χ0) is 14.2. The molecule has 0 atom stereocenters. The largest absolute Gasteiger partial charge is 0.351 e. The van der Waals surface area contributed by atoms with Gasteiger partial charge >= 0.3 is 0 Å². The minimum absolute atomic E-state index is 0.0720. The minimum Gasteiger partial charge on any atom is -0.351 e. The van der Waals surface area contributed by atoms with E-state index in [1.807, 2.05) is 29.6 Å². The van der Waals surface area contributed by atoms with Crippen LogP contribution in [0.15, 0.2) is 41.8 Å². The summed E-state index contributed by atoms with van der Waals surface area (Å²) in [6.45, 7) is 0.912. The SMILES string of the molecule is NCC#Cc1ccsc1C(=O)NCCc1ccccc1. The van der Waals surface area contributed by atoms with Crippen LogP contribution in [0.4, 0.5) is 0 Å². The zero-order valence-electron chi connectivity index (χ0n) is 11.1. The topological polar surface area (TPSA) is 55.1 Å². The molecule has 2 rings (SSSR count). The third-order valence-electron chi connectivity index (χ3n) is 2.74. The third-order valence-corrected chi connectivity index (χ3v) is 3.65. The Morgan fingerprint density at radius 1 is 1.25 bits per heavy atom. The Kier molecular flexibility index (Phi) is 5.36. The summed E-state index contributed by atoms with van der Waals surface area (Å²) in [6, 6.07) is 11.9. The Balaban J connectivity index is 1.91. The van der Waals surface area contributed by atoms with E-state index in [0.29, 0.717) is 18.0 Å². The summed E-state index contributed by atoms with van der Waals surface area (Å²) < 4.78 is 0. The fourth-order valence-electron chi connectivity index (χ4n) is 1.78. The number of amides is 1. The number of rotatable bonds is 4. The van der Waals surface area contributed by atoms with E-state index in [2.05, 4.69) is 29.3 Å². The molecule has 0 saturated carbocycles. The minimum atomic E-state index is -0.0720. The number of carbonyl (C=O) groups is 1. The number of nitrogens with one attached hydrogen (secondary N) is 1. The number of benzene rings is 1. The maximum Gasteiger partial charge on any atom is 0.262 e. The predicted octanol–water partition coefficient (Wildman–Crippen LogP) is 2.03. The molecule has 0 saturated heterocycles. The average molecular weight is 284 g/mol. The molecule has 0 aliphatic rings. The highest BCUT2D eigenvalue weighted by Crippen LogP contribution is 2.15. The van der Waals surface area contributed by atoms with Crippen molar-refractivity contribution in [2.24, 2.45) is 5.73 Å². The molecule has 4 heteroatoms. The summed E-state index contributed by atoms with van der Waals surface area (Å²) in [5, 5.41) is 4.79. The van der Waals surface area contributed by atoms with Crippen LogP contribution >= 0.6 is 11.3 Å². The van der Waals surface area contributed by atoms with Gasteiger partial charge in [0.05, 0.1) is 6.54 Å². The molecule has 2 aromatic rings. The summed E-state index contributed by atoms with van der Waals surface area (Å²) in [7, 11) is 0.